The van der Waals surface area contributed by atoms with Gasteiger partial charge in [-0.05, 0) is 49.7 Å². The van der Waals surface area contributed by atoms with E-state index in [-0.39, 0.29) is 0 Å². The van der Waals surface area contributed by atoms with Crippen LogP contribution in [0.15, 0.2) is 24.3 Å². The molecule has 0 aliphatic heterocycles. The van der Waals surface area contributed by atoms with Crippen LogP contribution in [-0.2, 0) is 6.42 Å². The van der Waals surface area contributed by atoms with Crippen molar-refractivity contribution in [2.75, 3.05) is 0 Å². The lowest BCUT2D eigenvalue weighted by molar-refractivity contribution is 0.394. The third kappa shape index (κ3) is 4.63. The van der Waals surface area contributed by atoms with Gasteiger partial charge in [0.1, 0.15) is 0 Å². The summed E-state index contributed by atoms with van der Waals surface area (Å²) in [5.74, 6) is 0.834. The van der Waals surface area contributed by atoms with Crippen LogP contribution in [0.3, 0.4) is 0 Å². The fraction of sp³-hybridized carbons (Fsp3) is 0.684. The summed E-state index contributed by atoms with van der Waals surface area (Å²) in [5, 5.41) is 3.89. The maximum Gasteiger partial charge on any atom is 0.0325 e. The van der Waals surface area contributed by atoms with E-state index in [4.69, 9.17) is 0 Å². The van der Waals surface area contributed by atoms with Gasteiger partial charge in [-0.25, -0.2) is 0 Å². The molecule has 0 saturated carbocycles. The molecule has 1 aliphatic carbocycles. The van der Waals surface area contributed by atoms with Gasteiger partial charge in [-0.3, -0.25) is 0 Å². The fourth-order valence-corrected chi connectivity index (χ4v) is 3.35. The second-order valence-corrected chi connectivity index (χ2v) is 6.89. The molecule has 0 spiro atoms. The van der Waals surface area contributed by atoms with E-state index in [9.17, 15) is 0 Å². The van der Waals surface area contributed by atoms with Gasteiger partial charge in [-0.2, -0.15) is 0 Å². The van der Waals surface area contributed by atoms with Crippen molar-refractivity contribution in [3.63, 3.8) is 0 Å². The van der Waals surface area contributed by atoms with Gasteiger partial charge in [0, 0.05) is 12.1 Å². The Bertz CT molecular complexity index is 397. The van der Waals surface area contributed by atoms with Crippen molar-refractivity contribution in [2.24, 2.45) is 5.92 Å². The number of fused-ring (bicyclic) bond motifs is 1. The van der Waals surface area contributed by atoms with Crippen LogP contribution < -0.4 is 5.32 Å². The smallest absolute Gasteiger partial charge is 0.0325 e. The first kappa shape index (κ1) is 15.6. The minimum Gasteiger partial charge on any atom is -0.307 e. The fourth-order valence-electron chi connectivity index (χ4n) is 3.35. The second kappa shape index (κ2) is 7.83. The van der Waals surface area contributed by atoms with Crippen LogP contribution >= 0.6 is 0 Å². The van der Waals surface area contributed by atoms with E-state index in [2.05, 4.69) is 50.4 Å². The molecule has 112 valence electrons. The minimum atomic E-state index is 0.572. The van der Waals surface area contributed by atoms with E-state index in [0.29, 0.717) is 12.1 Å². The number of nitrogens with one attached hydrogen (secondary N) is 1. The summed E-state index contributed by atoms with van der Waals surface area (Å²) in [6.45, 7) is 6.99. The molecule has 0 aromatic heterocycles. The summed E-state index contributed by atoms with van der Waals surface area (Å²) in [4.78, 5) is 0. The Hall–Kier alpha value is -0.820. The largest absolute Gasteiger partial charge is 0.307 e. The average Bonchev–Trinajstić information content (AvgIpc) is 2.61. The lowest BCUT2D eigenvalue weighted by Gasteiger charge is -2.24. The van der Waals surface area contributed by atoms with Crippen LogP contribution in [0.2, 0.25) is 0 Å². The predicted molar refractivity (Wildman–Crippen MR) is 88.0 cm³/mol. The van der Waals surface area contributed by atoms with Crippen LogP contribution in [0.25, 0.3) is 0 Å². The van der Waals surface area contributed by atoms with Crippen molar-refractivity contribution in [3.8, 4) is 0 Å². The Morgan fingerprint density at radius 3 is 2.70 bits per heavy atom. The maximum atomic E-state index is 3.89. The summed E-state index contributed by atoms with van der Waals surface area (Å²) in [5.41, 5.74) is 3.12. The van der Waals surface area contributed by atoms with E-state index < -0.39 is 0 Å². The predicted octanol–water partition coefficient (Wildman–Crippen LogP) is 5.26. The summed E-state index contributed by atoms with van der Waals surface area (Å²) >= 11 is 0. The highest BCUT2D eigenvalue weighted by atomic mass is 14.9. The zero-order chi connectivity index (χ0) is 14.4. The number of hydrogen-bond donors (Lipinski definition) is 1. The van der Waals surface area contributed by atoms with Gasteiger partial charge in [0.15, 0.2) is 0 Å². The number of hydrogen-bond acceptors (Lipinski definition) is 1. The summed E-state index contributed by atoms with van der Waals surface area (Å²) in [6.07, 6.45) is 9.26. The Morgan fingerprint density at radius 1 is 1.10 bits per heavy atom. The topological polar surface area (TPSA) is 12.0 Å². The molecule has 1 aliphatic rings. The summed E-state index contributed by atoms with van der Waals surface area (Å²) in [6, 6.07) is 10.2. The second-order valence-electron chi connectivity index (χ2n) is 6.89. The van der Waals surface area contributed by atoms with Crippen molar-refractivity contribution in [3.05, 3.63) is 35.4 Å². The molecule has 1 N–H and O–H groups in total. The van der Waals surface area contributed by atoms with Gasteiger partial charge in [-0.15, -0.1) is 0 Å². The minimum absolute atomic E-state index is 0.572. The van der Waals surface area contributed by atoms with Gasteiger partial charge < -0.3 is 5.32 Å². The normalized spacial score (nSPS) is 20.5. The molecule has 1 nitrogen and oxygen atoms in total. The van der Waals surface area contributed by atoms with Crippen LogP contribution in [0.4, 0.5) is 0 Å². The molecule has 1 aromatic rings. The van der Waals surface area contributed by atoms with Gasteiger partial charge >= 0.3 is 0 Å². The van der Waals surface area contributed by atoms with Crippen molar-refractivity contribution in [2.45, 2.75) is 77.8 Å². The van der Waals surface area contributed by atoms with E-state index in [1.54, 1.807) is 11.1 Å². The lowest BCUT2D eigenvalue weighted by Crippen LogP contribution is -2.30. The zero-order valence-corrected chi connectivity index (χ0v) is 13.5. The molecule has 0 radical (unpaired) electrons. The highest BCUT2D eigenvalue weighted by Gasteiger charge is 2.19. The zero-order valence-electron chi connectivity index (χ0n) is 13.5. The van der Waals surface area contributed by atoms with Gasteiger partial charge in [0.25, 0.3) is 0 Å². The standard InChI is InChI=1S/C19H31N/c1-15(2)9-8-10-16(3)20-19-14-7-5-12-17-11-4-6-13-18(17)19/h4,6,11,13,15-16,19-20H,5,7-10,12,14H2,1-3H3. The molecule has 0 amide bonds. The van der Waals surface area contributed by atoms with Crippen molar-refractivity contribution in [1.82, 2.24) is 5.32 Å². The summed E-state index contributed by atoms with van der Waals surface area (Å²) < 4.78 is 0. The van der Waals surface area contributed by atoms with E-state index >= 15 is 0 Å². The first-order valence-electron chi connectivity index (χ1n) is 8.50. The van der Waals surface area contributed by atoms with E-state index in [1.165, 1.54) is 44.9 Å². The van der Waals surface area contributed by atoms with Gasteiger partial charge in [0.05, 0.1) is 0 Å². The van der Waals surface area contributed by atoms with Gasteiger partial charge in [0.2, 0.25) is 0 Å². The van der Waals surface area contributed by atoms with Crippen LogP contribution in [0.5, 0.6) is 0 Å². The molecule has 2 rings (SSSR count). The first-order chi connectivity index (χ1) is 9.66. The Kier molecular flexibility index (Phi) is 6.09. The molecular formula is C19H31N. The van der Waals surface area contributed by atoms with Crippen molar-refractivity contribution in [1.29, 1.82) is 0 Å². The Morgan fingerprint density at radius 2 is 1.90 bits per heavy atom. The lowest BCUT2D eigenvalue weighted by atomic mass is 9.97. The maximum absolute atomic E-state index is 3.89. The molecule has 0 heterocycles. The molecule has 2 unspecified atom stereocenters. The Labute approximate surface area is 125 Å². The average molecular weight is 273 g/mol. The molecule has 20 heavy (non-hydrogen) atoms. The summed E-state index contributed by atoms with van der Waals surface area (Å²) in [7, 11) is 0. The third-order valence-electron chi connectivity index (χ3n) is 4.52. The quantitative estimate of drug-likeness (QED) is 0.697. The highest BCUT2D eigenvalue weighted by Crippen LogP contribution is 2.29. The molecule has 2 atom stereocenters. The van der Waals surface area contributed by atoms with E-state index in [0.717, 1.165) is 5.92 Å². The molecule has 0 bridgehead atoms. The highest BCUT2D eigenvalue weighted by molar-refractivity contribution is 5.31. The number of benzene rings is 1. The van der Waals surface area contributed by atoms with Crippen molar-refractivity contribution >= 4 is 0 Å². The van der Waals surface area contributed by atoms with Crippen molar-refractivity contribution < 1.29 is 0 Å². The molecule has 0 saturated heterocycles. The number of rotatable bonds is 6. The third-order valence-corrected chi connectivity index (χ3v) is 4.52. The SMILES string of the molecule is CC(C)CCCC(C)NC1CCCCc2ccccc21. The van der Waals surface area contributed by atoms with Crippen LogP contribution in [0, 0.1) is 5.92 Å². The number of aryl methyl sites for hydroxylation is 1. The van der Waals surface area contributed by atoms with Crippen LogP contribution in [-0.4, -0.2) is 6.04 Å². The molecule has 1 aromatic carbocycles. The van der Waals surface area contributed by atoms with Gasteiger partial charge in [-0.1, -0.05) is 57.4 Å². The Balaban J connectivity index is 1.91. The molecular weight excluding hydrogens is 242 g/mol. The first-order valence-corrected chi connectivity index (χ1v) is 8.50. The molecule has 0 fully saturated rings. The van der Waals surface area contributed by atoms with Crippen LogP contribution in [0.1, 0.15) is 76.5 Å². The van der Waals surface area contributed by atoms with E-state index in [1.807, 2.05) is 0 Å². The molecule has 1 heteroatoms. The monoisotopic (exact) mass is 273 g/mol.